The highest BCUT2D eigenvalue weighted by molar-refractivity contribution is 7.80. The van der Waals surface area contributed by atoms with E-state index in [-0.39, 0.29) is 0 Å². The predicted octanol–water partition coefficient (Wildman–Crippen LogP) is 4.02. The lowest BCUT2D eigenvalue weighted by molar-refractivity contribution is 0.200. The van der Waals surface area contributed by atoms with E-state index in [0.29, 0.717) is 0 Å². The molecule has 1 fully saturated rings. The molecular formula is C21H25N3S. The number of benzene rings is 2. The second-order valence-electron chi connectivity index (χ2n) is 6.40. The van der Waals surface area contributed by atoms with Gasteiger partial charge in [-0.15, -0.1) is 0 Å². The first kappa shape index (κ1) is 17.6. The van der Waals surface area contributed by atoms with Crippen molar-refractivity contribution in [2.24, 2.45) is 0 Å². The van der Waals surface area contributed by atoms with Crippen LogP contribution in [0.1, 0.15) is 11.1 Å². The van der Waals surface area contributed by atoms with Crippen LogP contribution in [0.3, 0.4) is 0 Å². The van der Waals surface area contributed by atoms with Gasteiger partial charge in [-0.1, -0.05) is 60.2 Å². The van der Waals surface area contributed by atoms with E-state index in [1.54, 1.807) is 0 Å². The summed E-state index contributed by atoms with van der Waals surface area (Å²) in [6.45, 7) is 7.09. The fraction of sp³-hybridized carbons (Fsp3) is 0.286. The summed E-state index contributed by atoms with van der Waals surface area (Å²) in [6, 6.07) is 18.8. The number of thiocarbonyl (C=S) groups is 1. The Balaban J connectivity index is 1.42. The number of anilines is 1. The standard InChI is InChI=1S/C21H25N3S/c1-18-9-11-20(12-10-18)22-21(25)24-16-14-23(15-17-24)13-5-8-19-6-3-2-4-7-19/h2-12H,13-17H2,1H3,(H,22,25)/b8-5+. The fourth-order valence-electron chi connectivity index (χ4n) is 2.87. The third-order valence-electron chi connectivity index (χ3n) is 4.44. The van der Waals surface area contributed by atoms with Crippen LogP contribution in [0.4, 0.5) is 5.69 Å². The van der Waals surface area contributed by atoms with Crippen molar-refractivity contribution in [3.05, 3.63) is 71.8 Å². The van der Waals surface area contributed by atoms with Crippen molar-refractivity contribution in [1.82, 2.24) is 9.80 Å². The van der Waals surface area contributed by atoms with Gasteiger partial charge in [0.2, 0.25) is 0 Å². The first-order valence-electron chi connectivity index (χ1n) is 8.77. The van der Waals surface area contributed by atoms with Gasteiger partial charge in [-0.2, -0.15) is 0 Å². The van der Waals surface area contributed by atoms with E-state index in [1.807, 2.05) is 6.07 Å². The lowest BCUT2D eigenvalue weighted by Gasteiger charge is -2.35. The summed E-state index contributed by atoms with van der Waals surface area (Å²) in [5, 5.41) is 4.17. The molecule has 0 bridgehead atoms. The van der Waals surface area contributed by atoms with Crippen LogP contribution in [0, 0.1) is 6.92 Å². The molecule has 130 valence electrons. The van der Waals surface area contributed by atoms with Crippen molar-refractivity contribution >= 4 is 29.1 Å². The molecule has 0 aliphatic carbocycles. The van der Waals surface area contributed by atoms with Gasteiger partial charge in [0.25, 0.3) is 0 Å². The van der Waals surface area contributed by atoms with Crippen molar-refractivity contribution in [3.8, 4) is 0 Å². The van der Waals surface area contributed by atoms with Crippen molar-refractivity contribution < 1.29 is 0 Å². The lowest BCUT2D eigenvalue weighted by atomic mass is 10.2. The minimum atomic E-state index is 0.823. The molecule has 1 heterocycles. The molecule has 4 heteroatoms. The molecule has 1 aliphatic rings. The van der Waals surface area contributed by atoms with Crippen LogP contribution in [0.5, 0.6) is 0 Å². The number of hydrogen-bond donors (Lipinski definition) is 1. The molecule has 1 aliphatic heterocycles. The number of nitrogens with zero attached hydrogens (tertiary/aromatic N) is 2. The van der Waals surface area contributed by atoms with Crippen LogP contribution in [-0.2, 0) is 0 Å². The van der Waals surface area contributed by atoms with Gasteiger partial charge in [0.15, 0.2) is 5.11 Å². The van der Waals surface area contributed by atoms with Crippen LogP contribution in [0.25, 0.3) is 6.08 Å². The van der Waals surface area contributed by atoms with Gasteiger partial charge in [-0.25, -0.2) is 0 Å². The molecule has 0 radical (unpaired) electrons. The molecule has 3 rings (SSSR count). The van der Waals surface area contributed by atoms with Crippen molar-refractivity contribution in [2.45, 2.75) is 6.92 Å². The molecule has 0 aromatic heterocycles. The van der Waals surface area contributed by atoms with Crippen LogP contribution in [0.15, 0.2) is 60.7 Å². The topological polar surface area (TPSA) is 18.5 Å². The normalized spacial score (nSPS) is 15.5. The van der Waals surface area contributed by atoms with E-state index in [2.05, 4.69) is 82.7 Å². The van der Waals surface area contributed by atoms with Crippen molar-refractivity contribution in [2.75, 3.05) is 38.0 Å². The average molecular weight is 352 g/mol. The lowest BCUT2D eigenvalue weighted by Crippen LogP contribution is -2.49. The summed E-state index contributed by atoms with van der Waals surface area (Å²) in [5.74, 6) is 0. The maximum atomic E-state index is 5.56. The number of hydrogen-bond acceptors (Lipinski definition) is 2. The highest BCUT2D eigenvalue weighted by Crippen LogP contribution is 2.11. The van der Waals surface area contributed by atoms with Crippen molar-refractivity contribution in [1.29, 1.82) is 0 Å². The maximum absolute atomic E-state index is 5.56. The summed E-state index contributed by atoms with van der Waals surface area (Å²) >= 11 is 5.56. The highest BCUT2D eigenvalue weighted by atomic mass is 32.1. The Labute approximate surface area is 156 Å². The Hall–Kier alpha value is -2.17. The van der Waals surface area contributed by atoms with Gasteiger partial charge in [-0.05, 0) is 36.8 Å². The summed E-state index contributed by atoms with van der Waals surface area (Å²) in [7, 11) is 0. The molecule has 25 heavy (non-hydrogen) atoms. The van der Waals surface area contributed by atoms with Crippen LogP contribution < -0.4 is 5.32 Å². The molecule has 2 aromatic carbocycles. The molecule has 1 saturated heterocycles. The SMILES string of the molecule is Cc1ccc(NC(=S)N2CCN(C/C=C/c3ccccc3)CC2)cc1. The molecule has 0 amide bonds. The largest absolute Gasteiger partial charge is 0.346 e. The van der Waals surface area contributed by atoms with Gasteiger partial charge in [0.1, 0.15) is 0 Å². The molecule has 3 nitrogen and oxygen atoms in total. The molecular weight excluding hydrogens is 326 g/mol. The number of aryl methyl sites for hydroxylation is 1. The Kier molecular flexibility index (Phi) is 6.20. The van der Waals surface area contributed by atoms with Crippen molar-refractivity contribution in [3.63, 3.8) is 0 Å². The minimum Gasteiger partial charge on any atom is -0.346 e. The Morgan fingerprint density at radius 2 is 1.68 bits per heavy atom. The molecule has 0 unspecified atom stereocenters. The van der Waals surface area contributed by atoms with Gasteiger partial charge in [-0.3, -0.25) is 4.90 Å². The molecule has 0 atom stereocenters. The number of rotatable bonds is 4. The molecule has 0 saturated carbocycles. The first-order valence-corrected chi connectivity index (χ1v) is 9.18. The highest BCUT2D eigenvalue weighted by Gasteiger charge is 2.17. The average Bonchev–Trinajstić information content (AvgIpc) is 2.65. The van der Waals surface area contributed by atoms with E-state index >= 15 is 0 Å². The minimum absolute atomic E-state index is 0.823. The second kappa shape index (κ2) is 8.79. The second-order valence-corrected chi connectivity index (χ2v) is 6.78. The Morgan fingerprint density at radius 3 is 2.36 bits per heavy atom. The summed E-state index contributed by atoms with van der Waals surface area (Å²) in [5.41, 5.74) is 3.57. The maximum Gasteiger partial charge on any atom is 0.173 e. The molecule has 1 N–H and O–H groups in total. The quantitative estimate of drug-likeness (QED) is 0.838. The summed E-state index contributed by atoms with van der Waals surface area (Å²) in [4.78, 5) is 4.72. The van der Waals surface area contributed by atoms with E-state index in [1.165, 1.54) is 11.1 Å². The van der Waals surface area contributed by atoms with E-state index in [4.69, 9.17) is 12.2 Å². The van der Waals surface area contributed by atoms with Gasteiger partial charge in [0, 0.05) is 38.4 Å². The molecule has 0 spiro atoms. The van der Waals surface area contributed by atoms with E-state index in [0.717, 1.165) is 43.5 Å². The zero-order chi connectivity index (χ0) is 17.5. The third kappa shape index (κ3) is 5.41. The fourth-order valence-corrected chi connectivity index (χ4v) is 3.18. The summed E-state index contributed by atoms with van der Waals surface area (Å²) < 4.78 is 0. The zero-order valence-electron chi connectivity index (χ0n) is 14.7. The van der Waals surface area contributed by atoms with Crippen LogP contribution in [-0.4, -0.2) is 47.6 Å². The van der Waals surface area contributed by atoms with E-state index in [9.17, 15) is 0 Å². The number of piperazine rings is 1. The van der Waals surface area contributed by atoms with E-state index < -0.39 is 0 Å². The smallest absolute Gasteiger partial charge is 0.173 e. The van der Waals surface area contributed by atoms with Gasteiger partial charge in [0.05, 0.1) is 0 Å². The summed E-state index contributed by atoms with van der Waals surface area (Å²) in [6.07, 6.45) is 4.43. The Morgan fingerprint density at radius 1 is 1.00 bits per heavy atom. The van der Waals surface area contributed by atoms with Gasteiger partial charge < -0.3 is 10.2 Å². The molecule has 2 aromatic rings. The predicted molar refractivity (Wildman–Crippen MR) is 111 cm³/mol. The third-order valence-corrected chi connectivity index (χ3v) is 4.80. The van der Waals surface area contributed by atoms with Gasteiger partial charge >= 0.3 is 0 Å². The number of nitrogens with one attached hydrogen (secondary N) is 1. The zero-order valence-corrected chi connectivity index (χ0v) is 15.5. The Bertz CT molecular complexity index is 702. The van der Waals surface area contributed by atoms with Crippen LogP contribution >= 0.6 is 12.2 Å². The first-order chi connectivity index (χ1) is 12.2. The monoisotopic (exact) mass is 351 g/mol. The van der Waals surface area contributed by atoms with Crippen LogP contribution in [0.2, 0.25) is 0 Å².